The summed E-state index contributed by atoms with van der Waals surface area (Å²) in [5, 5.41) is 0. The number of allylic oxidation sites excluding steroid dienone is 4. The van der Waals surface area contributed by atoms with Gasteiger partial charge in [-0.15, -0.1) is 0 Å². The van der Waals surface area contributed by atoms with E-state index < -0.39 is 0 Å². The van der Waals surface area contributed by atoms with Crippen molar-refractivity contribution in [1.82, 2.24) is 0 Å². The summed E-state index contributed by atoms with van der Waals surface area (Å²) < 4.78 is 4.62. The molecule has 0 heterocycles. The van der Waals surface area contributed by atoms with Crippen LogP contribution in [0, 0.1) is 0 Å². The molecule has 0 atom stereocenters. The van der Waals surface area contributed by atoms with Crippen LogP contribution in [-0.2, 0) is 9.53 Å². The van der Waals surface area contributed by atoms with E-state index in [1.165, 1.54) is 64.9 Å². The minimum atomic E-state index is -0.0791. The fourth-order valence-electron chi connectivity index (χ4n) is 2.36. The minimum Gasteiger partial charge on any atom is -0.469 e. The lowest BCUT2D eigenvalue weighted by atomic mass is 10.1. The monoisotopic (exact) mass is 308 g/mol. The second-order valence-electron chi connectivity index (χ2n) is 5.91. The lowest BCUT2D eigenvalue weighted by Crippen LogP contribution is -1.99. The van der Waals surface area contributed by atoms with Crippen LogP contribution >= 0.6 is 0 Å². The Hall–Kier alpha value is -1.05. The first-order valence-corrected chi connectivity index (χ1v) is 9.18. The molecular weight excluding hydrogens is 272 g/mol. The number of carbonyl (C=O) groups is 1. The van der Waals surface area contributed by atoms with Gasteiger partial charge in [-0.05, 0) is 38.5 Å². The predicted molar refractivity (Wildman–Crippen MR) is 96.0 cm³/mol. The Labute approximate surface area is 138 Å². The van der Waals surface area contributed by atoms with Crippen molar-refractivity contribution in [2.75, 3.05) is 7.11 Å². The summed E-state index contributed by atoms with van der Waals surface area (Å²) >= 11 is 0. The van der Waals surface area contributed by atoms with E-state index in [-0.39, 0.29) is 5.97 Å². The number of unbranched alkanes of at least 4 members (excludes halogenated alkanes) is 9. The third-order valence-electron chi connectivity index (χ3n) is 3.81. The van der Waals surface area contributed by atoms with Gasteiger partial charge in [-0.3, -0.25) is 4.79 Å². The lowest BCUT2D eigenvalue weighted by molar-refractivity contribution is -0.140. The predicted octanol–water partition coefficient (Wildman–Crippen LogP) is 6.36. The molecule has 0 aromatic carbocycles. The molecule has 0 saturated carbocycles. The molecular formula is C20H36O2. The third kappa shape index (κ3) is 17.0. The second kappa shape index (κ2) is 18.0. The fraction of sp³-hybridized carbons (Fsp3) is 0.750. The first kappa shape index (κ1) is 20.9. The zero-order valence-electron chi connectivity index (χ0n) is 14.8. The van der Waals surface area contributed by atoms with E-state index in [0.717, 1.165) is 19.3 Å². The zero-order chi connectivity index (χ0) is 16.3. The zero-order valence-corrected chi connectivity index (χ0v) is 14.8. The Kier molecular flexibility index (Phi) is 17.1. The van der Waals surface area contributed by atoms with Crippen molar-refractivity contribution in [1.29, 1.82) is 0 Å². The highest BCUT2D eigenvalue weighted by Crippen LogP contribution is 2.09. The van der Waals surface area contributed by atoms with Gasteiger partial charge in [-0.1, -0.05) is 69.8 Å². The maximum atomic E-state index is 10.9. The summed E-state index contributed by atoms with van der Waals surface area (Å²) in [5.74, 6) is -0.0791. The molecule has 0 radical (unpaired) electrons. The van der Waals surface area contributed by atoms with Crippen LogP contribution in [-0.4, -0.2) is 13.1 Å². The molecule has 0 saturated heterocycles. The highest BCUT2D eigenvalue weighted by molar-refractivity contribution is 5.68. The van der Waals surface area contributed by atoms with Crippen LogP contribution < -0.4 is 0 Å². The Morgan fingerprint density at radius 2 is 1.32 bits per heavy atom. The molecule has 0 N–H and O–H groups in total. The first-order chi connectivity index (χ1) is 10.8. The molecule has 0 rings (SSSR count). The minimum absolute atomic E-state index is 0.0791. The van der Waals surface area contributed by atoms with Crippen molar-refractivity contribution in [2.45, 2.75) is 90.4 Å². The molecule has 0 spiro atoms. The van der Waals surface area contributed by atoms with Crippen molar-refractivity contribution in [3.8, 4) is 0 Å². The number of hydrogen-bond acceptors (Lipinski definition) is 2. The van der Waals surface area contributed by atoms with Crippen LogP contribution in [0.3, 0.4) is 0 Å². The van der Waals surface area contributed by atoms with Crippen LogP contribution in [0.25, 0.3) is 0 Å². The molecule has 0 aromatic heterocycles. The number of carbonyl (C=O) groups excluding carboxylic acids is 1. The molecule has 0 bridgehead atoms. The van der Waals surface area contributed by atoms with Gasteiger partial charge >= 0.3 is 5.97 Å². The number of methoxy groups -OCH3 is 1. The summed E-state index contributed by atoms with van der Waals surface area (Å²) in [6, 6.07) is 0. The molecule has 128 valence electrons. The topological polar surface area (TPSA) is 26.3 Å². The molecule has 0 fully saturated rings. The van der Waals surface area contributed by atoms with Crippen LogP contribution in [0.2, 0.25) is 0 Å². The maximum Gasteiger partial charge on any atom is 0.305 e. The molecule has 22 heavy (non-hydrogen) atoms. The van der Waals surface area contributed by atoms with Gasteiger partial charge in [0.25, 0.3) is 0 Å². The molecule has 0 aliphatic rings. The van der Waals surface area contributed by atoms with Gasteiger partial charge < -0.3 is 4.74 Å². The lowest BCUT2D eigenvalue weighted by Gasteiger charge is -2.00. The smallest absolute Gasteiger partial charge is 0.305 e. The molecule has 0 aliphatic carbocycles. The quantitative estimate of drug-likeness (QED) is 0.200. The van der Waals surface area contributed by atoms with Crippen molar-refractivity contribution in [2.24, 2.45) is 0 Å². The average Bonchev–Trinajstić information content (AvgIpc) is 2.54. The Balaban J connectivity index is 3.19. The van der Waals surface area contributed by atoms with Crippen molar-refractivity contribution >= 4 is 5.97 Å². The average molecular weight is 309 g/mol. The second-order valence-corrected chi connectivity index (χ2v) is 5.91. The van der Waals surface area contributed by atoms with Crippen molar-refractivity contribution in [3.05, 3.63) is 24.3 Å². The highest BCUT2D eigenvalue weighted by Gasteiger charge is 1.98. The molecule has 2 nitrogen and oxygen atoms in total. The van der Waals surface area contributed by atoms with E-state index in [9.17, 15) is 4.79 Å². The van der Waals surface area contributed by atoms with Gasteiger partial charge in [0.15, 0.2) is 0 Å². The maximum absolute atomic E-state index is 10.9. The fourth-order valence-corrected chi connectivity index (χ4v) is 2.36. The Bertz CT molecular complexity index is 292. The summed E-state index contributed by atoms with van der Waals surface area (Å²) in [6.07, 6.45) is 24.5. The van der Waals surface area contributed by atoms with E-state index in [1.807, 2.05) is 0 Å². The number of esters is 1. The van der Waals surface area contributed by atoms with E-state index in [4.69, 9.17) is 0 Å². The van der Waals surface area contributed by atoms with Gasteiger partial charge in [-0.25, -0.2) is 0 Å². The SMILES string of the molecule is CCCCCC=CCC=CCCCCCCCCC(=O)OC. The van der Waals surface area contributed by atoms with E-state index >= 15 is 0 Å². The molecule has 0 aromatic rings. The Morgan fingerprint density at radius 1 is 0.773 bits per heavy atom. The van der Waals surface area contributed by atoms with Gasteiger partial charge in [0.1, 0.15) is 0 Å². The number of hydrogen-bond donors (Lipinski definition) is 0. The first-order valence-electron chi connectivity index (χ1n) is 9.18. The van der Waals surface area contributed by atoms with Gasteiger partial charge in [0, 0.05) is 6.42 Å². The largest absolute Gasteiger partial charge is 0.469 e. The summed E-state index contributed by atoms with van der Waals surface area (Å²) in [4.78, 5) is 10.9. The van der Waals surface area contributed by atoms with Crippen LogP contribution in [0.15, 0.2) is 24.3 Å². The third-order valence-corrected chi connectivity index (χ3v) is 3.81. The molecule has 0 unspecified atom stereocenters. The Morgan fingerprint density at radius 3 is 1.91 bits per heavy atom. The van der Waals surface area contributed by atoms with E-state index in [1.54, 1.807) is 0 Å². The number of ether oxygens (including phenoxy) is 1. The molecule has 0 aliphatic heterocycles. The van der Waals surface area contributed by atoms with Crippen LogP contribution in [0.5, 0.6) is 0 Å². The standard InChI is InChI=1S/C20H36O2/c1-3-4-5-6-7-8-9-10-11-12-13-14-15-16-17-18-19-20(21)22-2/h7-8,10-11H,3-6,9,12-19H2,1-2H3. The summed E-state index contributed by atoms with van der Waals surface area (Å²) in [5.41, 5.74) is 0. The highest BCUT2D eigenvalue weighted by atomic mass is 16.5. The van der Waals surface area contributed by atoms with Crippen molar-refractivity contribution < 1.29 is 9.53 Å². The molecule has 2 heteroatoms. The number of rotatable bonds is 15. The summed E-state index contributed by atoms with van der Waals surface area (Å²) in [7, 11) is 1.46. The van der Waals surface area contributed by atoms with Gasteiger partial charge in [0.05, 0.1) is 7.11 Å². The van der Waals surface area contributed by atoms with Crippen LogP contribution in [0.4, 0.5) is 0 Å². The van der Waals surface area contributed by atoms with Crippen molar-refractivity contribution in [3.63, 3.8) is 0 Å². The summed E-state index contributed by atoms with van der Waals surface area (Å²) in [6.45, 7) is 2.24. The molecule has 0 amide bonds. The normalized spacial score (nSPS) is 11.5. The van der Waals surface area contributed by atoms with Crippen LogP contribution in [0.1, 0.15) is 90.4 Å². The van der Waals surface area contributed by atoms with E-state index in [0.29, 0.717) is 6.42 Å². The van der Waals surface area contributed by atoms with E-state index in [2.05, 4.69) is 36.0 Å². The van der Waals surface area contributed by atoms with Gasteiger partial charge in [0.2, 0.25) is 0 Å². The van der Waals surface area contributed by atoms with Gasteiger partial charge in [-0.2, -0.15) is 0 Å².